The monoisotopic (exact) mass is 344 g/mol. The summed E-state index contributed by atoms with van der Waals surface area (Å²) in [5, 5.41) is 2.99. The van der Waals surface area contributed by atoms with E-state index >= 15 is 0 Å². The van der Waals surface area contributed by atoms with E-state index < -0.39 is 0 Å². The number of hydrogen-bond acceptors (Lipinski definition) is 3. The maximum Gasteiger partial charge on any atom is 0.251 e. The molecular formula is C20H28N2O3. The summed E-state index contributed by atoms with van der Waals surface area (Å²) in [6.45, 7) is 4.27. The van der Waals surface area contributed by atoms with Crippen LogP contribution in [-0.2, 0) is 4.79 Å². The van der Waals surface area contributed by atoms with Crippen LogP contribution in [0.1, 0.15) is 55.8 Å². The predicted octanol–water partition coefficient (Wildman–Crippen LogP) is 3.00. The summed E-state index contributed by atoms with van der Waals surface area (Å²) in [5.41, 5.74) is 0.646. The third-order valence-electron chi connectivity index (χ3n) is 4.83. The molecule has 1 aliphatic carbocycles. The van der Waals surface area contributed by atoms with Gasteiger partial charge in [0, 0.05) is 37.0 Å². The summed E-state index contributed by atoms with van der Waals surface area (Å²) < 4.78 is 5.93. The van der Waals surface area contributed by atoms with Crippen molar-refractivity contribution in [2.45, 2.75) is 51.5 Å². The second kappa shape index (κ2) is 8.37. The van der Waals surface area contributed by atoms with Gasteiger partial charge in [-0.25, -0.2) is 0 Å². The van der Waals surface area contributed by atoms with Gasteiger partial charge in [-0.1, -0.05) is 13.0 Å². The zero-order chi connectivity index (χ0) is 17.6. The molecule has 1 aromatic rings. The number of hydrogen-bond donors (Lipinski definition) is 1. The lowest BCUT2D eigenvalue weighted by Crippen LogP contribution is -2.41. The van der Waals surface area contributed by atoms with Crippen molar-refractivity contribution < 1.29 is 14.3 Å². The average Bonchev–Trinajstić information content (AvgIpc) is 3.45. The fraction of sp³-hybridized carbons (Fsp3) is 0.600. The van der Waals surface area contributed by atoms with Gasteiger partial charge in [-0.15, -0.1) is 0 Å². The molecule has 2 aliphatic rings. The lowest BCUT2D eigenvalue weighted by atomic mass is 9.98. The molecule has 0 bridgehead atoms. The molecule has 0 spiro atoms. The maximum atomic E-state index is 12.1. The fourth-order valence-corrected chi connectivity index (χ4v) is 3.24. The van der Waals surface area contributed by atoms with E-state index in [-0.39, 0.29) is 11.8 Å². The van der Waals surface area contributed by atoms with Crippen LogP contribution in [-0.4, -0.2) is 42.5 Å². The first-order valence-corrected chi connectivity index (χ1v) is 9.47. The lowest BCUT2D eigenvalue weighted by Gasteiger charge is -2.32. The van der Waals surface area contributed by atoms with Gasteiger partial charge in [0.2, 0.25) is 5.91 Å². The van der Waals surface area contributed by atoms with Crippen molar-refractivity contribution in [1.29, 1.82) is 0 Å². The summed E-state index contributed by atoms with van der Waals surface area (Å²) in [6.07, 6.45) is 5.80. The van der Waals surface area contributed by atoms with E-state index in [9.17, 15) is 9.59 Å². The number of benzene rings is 1. The Kier molecular flexibility index (Phi) is 5.95. The molecule has 3 rings (SSSR count). The minimum absolute atomic E-state index is 0.0260. The molecule has 25 heavy (non-hydrogen) atoms. The van der Waals surface area contributed by atoms with Crippen LogP contribution in [0.3, 0.4) is 0 Å². The molecule has 5 heteroatoms. The molecule has 5 nitrogen and oxygen atoms in total. The van der Waals surface area contributed by atoms with Crippen LogP contribution in [0.5, 0.6) is 5.75 Å². The SMILES string of the molecule is CCCC(=O)N1CCCC(COc2cccc(C(=O)NC3CC3)c2)C1. The molecule has 136 valence electrons. The van der Waals surface area contributed by atoms with E-state index in [2.05, 4.69) is 5.32 Å². The Hall–Kier alpha value is -2.04. The fourth-order valence-electron chi connectivity index (χ4n) is 3.24. The smallest absolute Gasteiger partial charge is 0.251 e. The Labute approximate surface area is 149 Å². The van der Waals surface area contributed by atoms with E-state index in [0.29, 0.717) is 30.6 Å². The first kappa shape index (κ1) is 17.8. The van der Waals surface area contributed by atoms with Crippen LogP contribution < -0.4 is 10.1 Å². The minimum atomic E-state index is -0.0260. The summed E-state index contributed by atoms with van der Waals surface area (Å²) >= 11 is 0. The highest BCUT2D eigenvalue weighted by Crippen LogP contribution is 2.22. The van der Waals surface area contributed by atoms with Gasteiger partial charge in [-0.05, 0) is 50.3 Å². The van der Waals surface area contributed by atoms with Gasteiger partial charge in [-0.2, -0.15) is 0 Å². The number of piperidine rings is 1. The summed E-state index contributed by atoms with van der Waals surface area (Å²) in [7, 11) is 0. The zero-order valence-corrected chi connectivity index (χ0v) is 15.0. The second-order valence-electron chi connectivity index (χ2n) is 7.18. The molecule has 1 saturated heterocycles. The van der Waals surface area contributed by atoms with Gasteiger partial charge in [0.05, 0.1) is 6.61 Å². The Morgan fingerprint density at radius 3 is 2.88 bits per heavy atom. The molecule has 1 heterocycles. The molecule has 2 amide bonds. The Balaban J connectivity index is 1.50. The third kappa shape index (κ3) is 5.21. The number of carbonyl (C=O) groups is 2. The van der Waals surface area contributed by atoms with Gasteiger partial charge in [0.1, 0.15) is 5.75 Å². The van der Waals surface area contributed by atoms with Crippen molar-refractivity contribution in [3.05, 3.63) is 29.8 Å². The maximum absolute atomic E-state index is 12.1. The van der Waals surface area contributed by atoms with Gasteiger partial charge in [-0.3, -0.25) is 9.59 Å². The highest BCUT2D eigenvalue weighted by molar-refractivity contribution is 5.94. The summed E-state index contributed by atoms with van der Waals surface area (Å²) in [4.78, 5) is 26.2. The molecular weight excluding hydrogens is 316 g/mol. The first-order valence-electron chi connectivity index (χ1n) is 9.47. The number of carbonyl (C=O) groups excluding carboxylic acids is 2. The molecule has 1 N–H and O–H groups in total. The molecule has 1 aromatic carbocycles. The number of ether oxygens (including phenoxy) is 1. The zero-order valence-electron chi connectivity index (χ0n) is 15.0. The van der Waals surface area contributed by atoms with Crippen LogP contribution in [0.2, 0.25) is 0 Å². The van der Waals surface area contributed by atoms with Crippen LogP contribution in [0.4, 0.5) is 0 Å². The second-order valence-corrected chi connectivity index (χ2v) is 7.18. The van der Waals surface area contributed by atoms with E-state index in [4.69, 9.17) is 4.74 Å². The van der Waals surface area contributed by atoms with Crippen molar-refractivity contribution >= 4 is 11.8 Å². The number of nitrogens with zero attached hydrogens (tertiary/aromatic N) is 1. The number of nitrogens with one attached hydrogen (secondary N) is 1. The molecule has 0 radical (unpaired) electrons. The average molecular weight is 344 g/mol. The van der Waals surface area contributed by atoms with Gasteiger partial charge < -0.3 is 15.0 Å². The number of likely N-dealkylation sites (tertiary alicyclic amines) is 1. The van der Waals surface area contributed by atoms with E-state index in [1.165, 1.54) is 0 Å². The Morgan fingerprint density at radius 1 is 1.28 bits per heavy atom. The first-order chi connectivity index (χ1) is 12.2. The molecule has 2 fully saturated rings. The van der Waals surface area contributed by atoms with Crippen LogP contribution >= 0.6 is 0 Å². The highest BCUT2D eigenvalue weighted by Gasteiger charge is 2.25. The van der Waals surface area contributed by atoms with Crippen LogP contribution in [0.15, 0.2) is 24.3 Å². The van der Waals surface area contributed by atoms with Gasteiger partial charge >= 0.3 is 0 Å². The topological polar surface area (TPSA) is 58.6 Å². The number of amides is 2. The molecule has 0 aromatic heterocycles. The van der Waals surface area contributed by atoms with Crippen molar-refractivity contribution in [1.82, 2.24) is 10.2 Å². The van der Waals surface area contributed by atoms with E-state index in [1.807, 2.05) is 30.0 Å². The van der Waals surface area contributed by atoms with Gasteiger partial charge in [0.15, 0.2) is 0 Å². The largest absolute Gasteiger partial charge is 0.493 e. The quantitative estimate of drug-likeness (QED) is 0.827. The molecule has 1 saturated carbocycles. The summed E-state index contributed by atoms with van der Waals surface area (Å²) in [5.74, 6) is 1.31. The van der Waals surface area contributed by atoms with Crippen LogP contribution in [0.25, 0.3) is 0 Å². The molecule has 1 unspecified atom stereocenters. The van der Waals surface area contributed by atoms with E-state index in [1.54, 1.807) is 6.07 Å². The van der Waals surface area contributed by atoms with E-state index in [0.717, 1.165) is 50.9 Å². The van der Waals surface area contributed by atoms with Crippen molar-refractivity contribution in [3.63, 3.8) is 0 Å². The minimum Gasteiger partial charge on any atom is -0.493 e. The Bertz CT molecular complexity index is 613. The standard InChI is InChI=1S/C20H28N2O3/c1-2-5-19(23)22-11-4-6-15(13-22)14-25-18-8-3-7-16(12-18)20(24)21-17-9-10-17/h3,7-8,12,15,17H,2,4-6,9-11,13-14H2,1H3,(H,21,24). The summed E-state index contributed by atoms with van der Waals surface area (Å²) in [6, 6.07) is 7.72. The van der Waals surface area contributed by atoms with Gasteiger partial charge in [0.25, 0.3) is 5.91 Å². The Morgan fingerprint density at radius 2 is 2.12 bits per heavy atom. The highest BCUT2D eigenvalue weighted by atomic mass is 16.5. The molecule has 1 atom stereocenters. The third-order valence-corrected chi connectivity index (χ3v) is 4.83. The van der Waals surface area contributed by atoms with Crippen molar-refractivity contribution in [2.75, 3.05) is 19.7 Å². The van der Waals surface area contributed by atoms with Crippen molar-refractivity contribution in [3.8, 4) is 5.75 Å². The normalized spacial score (nSPS) is 20.2. The predicted molar refractivity (Wildman–Crippen MR) is 96.6 cm³/mol. The van der Waals surface area contributed by atoms with Crippen molar-refractivity contribution in [2.24, 2.45) is 5.92 Å². The lowest BCUT2D eigenvalue weighted by molar-refractivity contribution is -0.133. The number of rotatable bonds is 7. The molecule has 1 aliphatic heterocycles. The van der Waals surface area contributed by atoms with Crippen LogP contribution in [0, 0.1) is 5.92 Å².